The van der Waals surface area contributed by atoms with Gasteiger partial charge in [0, 0.05) is 10.6 Å². The Bertz CT molecular complexity index is 561. The average molecular weight is 288 g/mol. The summed E-state index contributed by atoms with van der Waals surface area (Å²) in [6.45, 7) is 0.0679. The molecule has 2 aromatic rings. The molecule has 4 heteroatoms. The first-order chi connectivity index (χ1) is 9.67. The van der Waals surface area contributed by atoms with Gasteiger partial charge in [0.2, 0.25) is 0 Å². The zero-order chi connectivity index (χ0) is 14.4. The van der Waals surface area contributed by atoms with Crippen molar-refractivity contribution in [1.29, 1.82) is 0 Å². The molecular formula is C16H16O3S. The number of aliphatic hydroxyl groups is 1. The van der Waals surface area contributed by atoms with Gasteiger partial charge in [-0.05, 0) is 28.8 Å². The first-order valence-corrected chi connectivity index (χ1v) is 7.28. The Morgan fingerprint density at radius 2 is 1.45 bits per heavy atom. The van der Waals surface area contributed by atoms with E-state index in [0.717, 1.165) is 21.8 Å². The lowest BCUT2D eigenvalue weighted by atomic mass is 10.2. The van der Waals surface area contributed by atoms with Crippen LogP contribution in [0.15, 0.2) is 53.4 Å². The van der Waals surface area contributed by atoms with E-state index in [-0.39, 0.29) is 13.0 Å². The summed E-state index contributed by atoms with van der Waals surface area (Å²) in [5.74, 6) is 0.0404. The van der Waals surface area contributed by atoms with Crippen molar-refractivity contribution in [2.75, 3.05) is 0 Å². The van der Waals surface area contributed by atoms with E-state index in [1.807, 2.05) is 48.5 Å². The largest absolute Gasteiger partial charge is 0.481 e. The minimum absolute atomic E-state index is 0.0631. The van der Waals surface area contributed by atoms with Gasteiger partial charge in [0.05, 0.1) is 13.0 Å². The van der Waals surface area contributed by atoms with E-state index in [4.69, 9.17) is 10.2 Å². The van der Waals surface area contributed by atoms with Crippen molar-refractivity contribution in [1.82, 2.24) is 0 Å². The van der Waals surface area contributed by atoms with E-state index in [2.05, 4.69) is 0 Å². The summed E-state index contributed by atoms with van der Waals surface area (Å²) in [7, 11) is 0. The van der Waals surface area contributed by atoms with Crippen molar-refractivity contribution in [3.63, 3.8) is 0 Å². The Labute approximate surface area is 122 Å². The molecule has 0 spiro atoms. The van der Waals surface area contributed by atoms with Gasteiger partial charge in [0.25, 0.3) is 0 Å². The van der Waals surface area contributed by atoms with E-state index in [9.17, 15) is 4.79 Å². The maximum absolute atomic E-state index is 10.6. The Hall–Kier alpha value is -1.78. The van der Waals surface area contributed by atoms with Crippen molar-refractivity contribution in [2.24, 2.45) is 0 Å². The Morgan fingerprint density at radius 1 is 0.900 bits per heavy atom. The number of carboxylic acids is 1. The lowest BCUT2D eigenvalue weighted by Gasteiger charge is -2.04. The molecule has 0 unspecified atom stereocenters. The van der Waals surface area contributed by atoms with Gasteiger partial charge in [-0.25, -0.2) is 0 Å². The molecule has 0 aliphatic carbocycles. The van der Waals surface area contributed by atoms with Crippen LogP contribution >= 0.6 is 11.8 Å². The lowest BCUT2D eigenvalue weighted by molar-refractivity contribution is -0.136. The summed E-state index contributed by atoms with van der Waals surface area (Å²) < 4.78 is 0. The molecule has 0 aromatic heterocycles. The van der Waals surface area contributed by atoms with Gasteiger partial charge in [-0.15, -0.1) is 11.8 Å². The zero-order valence-corrected chi connectivity index (χ0v) is 11.8. The zero-order valence-electron chi connectivity index (χ0n) is 11.0. The molecule has 0 aliphatic rings. The second kappa shape index (κ2) is 7.12. The topological polar surface area (TPSA) is 57.5 Å². The predicted octanol–water partition coefficient (Wildman–Crippen LogP) is 3.10. The maximum atomic E-state index is 10.6. The van der Waals surface area contributed by atoms with Crippen LogP contribution < -0.4 is 0 Å². The van der Waals surface area contributed by atoms with Crippen molar-refractivity contribution in [2.45, 2.75) is 23.7 Å². The van der Waals surface area contributed by atoms with Gasteiger partial charge in [-0.2, -0.15) is 0 Å². The molecule has 0 saturated heterocycles. The molecular weight excluding hydrogens is 272 g/mol. The standard InChI is InChI=1S/C16H16O3S/c17-10-13-1-3-14(4-2-13)11-20-15-7-5-12(6-8-15)9-16(18)19/h1-8,17H,9-11H2,(H,18,19). The Balaban J connectivity index is 1.91. The summed E-state index contributed by atoms with van der Waals surface area (Å²) >= 11 is 1.70. The summed E-state index contributed by atoms with van der Waals surface area (Å²) in [5, 5.41) is 17.7. The fraction of sp³-hybridized carbons (Fsp3) is 0.188. The minimum Gasteiger partial charge on any atom is -0.481 e. The number of carbonyl (C=O) groups is 1. The SMILES string of the molecule is O=C(O)Cc1ccc(SCc2ccc(CO)cc2)cc1. The number of rotatable bonds is 6. The number of hydrogen-bond donors (Lipinski definition) is 2. The van der Waals surface area contributed by atoms with Crippen LogP contribution in [0, 0.1) is 0 Å². The number of hydrogen-bond acceptors (Lipinski definition) is 3. The summed E-state index contributed by atoms with van der Waals surface area (Å²) in [5.41, 5.74) is 2.92. The molecule has 0 fully saturated rings. The van der Waals surface area contributed by atoms with Crippen LogP contribution in [0.25, 0.3) is 0 Å². The van der Waals surface area contributed by atoms with E-state index < -0.39 is 5.97 Å². The highest BCUT2D eigenvalue weighted by Crippen LogP contribution is 2.23. The van der Waals surface area contributed by atoms with Crippen LogP contribution in [0.4, 0.5) is 0 Å². The normalized spacial score (nSPS) is 10.4. The monoisotopic (exact) mass is 288 g/mol. The van der Waals surface area contributed by atoms with Gasteiger partial charge in [-0.3, -0.25) is 4.79 Å². The lowest BCUT2D eigenvalue weighted by Crippen LogP contribution is -1.99. The third-order valence-corrected chi connectivity index (χ3v) is 3.97. The average Bonchev–Trinajstić information content (AvgIpc) is 2.46. The third kappa shape index (κ3) is 4.40. The van der Waals surface area contributed by atoms with E-state index >= 15 is 0 Å². The number of aliphatic hydroxyl groups excluding tert-OH is 1. The fourth-order valence-corrected chi connectivity index (χ4v) is 2.64. The van der Waals surface area contributed by atoms with Gasteiger partial charge in [0.15, 0.2) is 0 Å². The van der Waals surface area contributed by atoms with E-state index in [0.29, 0.717) is 0 Å². The van der Waals surface area contributed by atoms with Crippen LogP contribution in [0.3, 0.4) is 0 Å². The van der Waals surface area contributed by atoms with Gasteiger partial charge in [0.1, 0.15) is 0 Å². The summed E-state index contributed by atoms with van der Waals surface area (Å²) in [6, 6.07) is 15.5. The number of benzene rings is 2. The molecule has 104 valence electrons. The van der Waals surface area contributed by atoms with Crippen molar-refractivity contribution < 1.29 is 15.0 Å². The highest BCUT2D eigenvalue weighted by Gasteiger charge is 2.01. The minimum atomic E-state index is -0.811. The number of carboxylic acid groups (broad SMARTS) is 1. The molecule has 0 heterocycles. The highest BCUT2D eigenvalue weighted by atomic mass is 32.2. The highest BCUT2D eigenvalue weighted by molar-refractivity contribution is 7.98. The van der Waals surface area contributed by atoms with Gasteiger partial charge in [-0.1, -0.05) is 36.4 Å². The first kappa shape index (κ1) is 14.6. The second-order valence-electron chi connectivity index (χ2n) is 4.48. The van der Waals surface area contributed by atoms with Gasteiger partial charge < -0.3 is 10.2 Å². The van der Waals surface area contributed by atoms with Crippen LogP contribution in [-0.2, 0) is 23.6 Å². The van der Waals surface area contributed by atoms with Crippen LogP contribution in [0.5, 0.6) is 0 Å². The third-order valence-electron chi connectivity index (χ3n) is 2.89. The molecule has 0 bridgehead atoms. The molecule has 3 nitrogen and oxygen atoms in total. The summed E-state index contributed by atoms with van der Waals surface area (Å²) in [4.78, 5) is 11.7. The molecule has 0 aliphatic heterocycles. The quantitative estimate of drug-likeness (QED) is 0.802. The summed E-state index contributed by atoms with van der Waals surface area (Å²) in [6.07, 6.45) is 0.0631. The van der Waals surface area contributed by atoms with E-state index in [1.165, 1.54) is 5.56 Å². The van der Waals surface area contributed by atoms with Crippen LogP contribution in [0.2, 0.25) is 0 Å². The van der Waals surface area contributed by atoms with Crippen molar-refractivity contribution in [3.05, 3.63) is 65.2 Å². The first-order valence-electron chi connectivity index (χ1n) is 6.29. The molecule has 0 atom stereocenters. The predicted molar refractivity (Wildman–Crippen MR) is 79.7 cm³/mol. The number of aliphatic carboxylic acids is 1. The molecule has 0 amide bonds. The van der Waals surface area contributed by atoms with Crippen LogP contribution in [-0.4, -0.2) is 16.2 Å². The fourth-order valence-electron chi connectivity index (χ4n) is 1.79. The van der Waals surface area contributed by atoms with Gasteiger partial charge >= 0.3 is 5.97 Å². The van der Waals surface area contributed by atoms with Crippen molar-refractivity contribution in [3.8, 4) is 0 Å². The smallest absolute Gasteiger partial charge is 0.307 e. The number of thioether (sulfide) groups is 1. The maximum Gasteiger partial charge on any atom is 0.307 e. The molecule has 0 radical (unpaired) electrons. The molecule has 0 saturated carbocycles. The molecule has 20 heavy (non-hydrogen) atoms. The molecule has 2 N–H and O–H groups in total. The molecule has 2 rings (SSSR count). The van der Waals surface area contributed by atoms with Crippen molar-refractivity contribution >= 4 is 17.7 Å². The Morgan fingerprint density at radius 3 is 2.00 bits per heavy atom. The van der Waals surface area contributed by atoms with Crippen LogP contribution in [0.1, 0.15) is 16.7 Å². The second-order valence-corrected chi connectivity index (χ2v) is 5.53. The Kier molecular flexibility index (Phi) is 5.21. The van der Waals surface area contributed by atoms with E-state index in [1.54, 1.807) is 11.8 Å². The molecule has 2 aromatic carbocycles.